The zero-order valence-corrected chi connectivity index (χ0v) is 15.9. The molecule has 2 aromatic rings. The molecule has 2 N–H and O–H groups in total. The third-order valence-corrected chi connectivity index (χ3v) is 5.34. The van der Waals surface area contributed by atoms with Crippen LogP contribution in [-0.2, 0) is 21.4 Å². The minimum atomic E-state index is -3.77. The van der Waals surface area contributed by atoms with Gasteiger partial charge in [-0.15, -0.1) is 0 Å². The summed E-state index contributed by atoms with van der Waals surface area (Å²) in [5.41, 5.74) is 0.867. The zero-order chi connectivity index (χ0) is 19.2. The van der Waals surface area contributed by atoms with Crippen molar-refractivity contribution in [2.75, 3.05) is 7.11 Å². The highest BCUT2D eigenvalue weighted by molar-refractivity contribution is 7.89. The van der Waals surface area contributed by atoms with E-state index in [4.69, 9.17) is 4.74 Å². The van der Waals surface area contributed by atoms with Crippen LogP contribution < -0.4 is 14.8 Å². The Morgan fingerprint density at radius 3 is 2.38 bits per heavy atom. The molecule has 2 rings (SSSR count). The van der Waals surface area contributed by atoms with Gasteiger partial charge in [-0.1, -0.05) is 44.2 Å². The Labute approximate surface area is 154 Å². The molecule has 0 bridgehead atoms. The Bertz CT molecular complexity index is 836. The number of hydrogen-bond donors (Lipinski definition) is 2. The van der Waals surface area contributed by atoms with E-state index in [2.05, 4.69) is 10.0 Å². The summed E-state index contributed by atoms with van der Waals surface area (Å²) in [5.74, 6) is 0.114. The number of amides is 1. The Balaban J connectivity index is 2.07. The van der Waals surface area contributed by atoms with E-state index in [0.29, 0.717) is 5.75 Å². The maximum absolute atomic E-state index is 12.6. The topological polar surface area (TPSA) is 84.5 Å². The van der Waals surface area contributed by atoms with Crippen LogP contribution in [0.5, 0.6) is 5.75 Å². The third kappa shape index (κ3) is 5.31. The number of nitrogens with one attached hydrogen (secondary N) is 2. The van der Waals surface area contributed by atoms with E-state index in [0.717, 1.165) is 5.56 Å². The van der Waals surface area contributed by atoms with Gasteiger partial charge in [-0.05, 0) is 35.7 Å². The second kappa shape index (κ2) is 8.82. The fourth-order valence-corrected chi connectivity index (χ4v) is 3.77. The number of methoxy groups -OCH3 is 1. The maximum atomic E-state index is 12.6. The molecular formula is C19H24N2O4S. The molecule has 1 amide bonds. The van der Waals surface area contributed by atoms with Gasteiger partial charge in [0.15, 0.2) is 0 Å². The quantitative estimate of drug-likeness (QED) is 0.740. The Kier molecular flexibility index (Phi) is 6.76. The van der Waals surface area contributed by atoms with Crippen LogP contribution in [0.4, 0.5) is 0 Å². The van der Waals surface area contributed by atoms with Gasteiger partial charge in [0.1, 0.15) is 11.8 Å². The first-order chi connectivity index (χ1) is 12.3. The number of sulfonamides is 1. The lowest BCUT2D eigenvalue weighted by Gasteiger charge is -2.21. The van der Waals surface area contributed by atoms with E-state index in [1.54, 1.807) is 39.2 Å². The van der Waals surface area contributed by atoms with Crippen molar-refractivity contribution in [1.82, 2.24) is 10.0 Å². The smallest absolute Gasteiger partial charge is 0.241 e. The van der Waals surface area contributed by atoms with E-state index in [1.807, 2.05) is 24.3 Å². The van der Waals surface area contributed by atoms with E-state index < -0.39 is 16.1 Å². The molecule has 7 heteroatoms. The average Bonchev–Trinajstić information content (AvgIpc) is 2.65. The molecule has 140 valence electrons. The molecule has 2 aromatic carbocycles. The molecule has 0 aliphatic carbocycles. The summed E-state index contributed by atoms with van der Waals surface area (Å²) >= 11 is 0. The van der Waals surface area contributed by atoms with E-state index >= 15 is 0 Å². The highest BCUT2D eigenvalue weighted by Crippen LogP contribution is 2.14. The molecular weight excluding hydrogens is 352 g/mol. The molecule has 1 unspecified atom stereocenters. The van der Waals surface area contributed by atoms with Crippen molar-refractivity contribution >= 4 is 15.9 Å². The SMILES string of the molecule is COc1cccc(CNC(=O)C(NS(=O)(=O)c2ccccc2)C(C)C)c1. The van der Waals surface area contributed by atoms with Crippen LogP contribution in [-0.4, -0.2) is 27.5 Å². The van der Waals surface area contributed by atoms with Gasteiger partial charge < -0.3 is 10.1 Å². The van der Waals surface area contributed by atoms with E-state index in [-0.39, 0.29) is 23.3 Å². The number of carbonyl (C=O) groups excluding carboxylic acids is 1. The Morgan fingerprint density at radius 1 is 1.08 bits per heavy atom. The molecule has 6 nitrogen and oxygen atoms in total. The summed E-state index contributed by atoms with van der Waals surface area (Å²) < 4.78 is 32.7. The molecule has 0 heterocycles. The first kappa shape index (κ1) is 19.9. The molecule has 0 radical (unpaired) electrons. The fourth-order valence-electron chi connectivity index (χ4n) is 2.41. The van der Waals surface area contributed by atoms with Crippen molar-refractivity contribution in [2.24, 2.45) is 5.92 Å². The van der Waals surface area contributed by atoms with E-state index in [9.17, 15) is 13.2 Å². The van der Waals surface area contributed by atoms with Crippen LogP contribution in [0.3, 0.4) is 0 Å². The third-order valence-electron chi connectivity index (χ3n) is 3.89. The molecule has 0 saturated carbocycles. The van der Waals surface area contributed by atoms with Crippen LogP contribution in [0.15, 0.2) is 59.5 Å². The minimum Gasteiger partial charge on any atom is -0.497 e. The van der Waals surface area contributed by atoms with Crippen LogP contribution in [0.1, 0.15) is 19.4 Å². The summed E-state index contributed by atoms with van der Waals surface area (Å²) in [4.78, 5) is 12.7. The lowest BCUT2D eigenvalue weighted by atomic mass is 10.0. The summed E-state index contributed by atoms with van der Waals surface area (Å²) in [6.45, 7) is 3.87. The number of rotatable bonds is 8. The minimum absolute atomic E-state index is 0.131. The van der Waals surface area contributed by atoms with Gasteiger partial charge in [-0.3, -0.25) is 4.79 Å². The van der Waals surface area contributed by atoms with Gasteiger partial charge >= 0.3 is 0 Å². The highest BCUT2D eigenvalue weighted by Gasteiger charge is 2.28. The second-order valence-corrected chi connectivity index (χ2v) is 7.94. The van der Waals surface area contributed by atoms with Crippen molar-refractivity contribution in [1.29, 1.82) is 0 Å². The van der Waals surface area contributed by atoms with Gasteiger partial charge in [0.2, 0.25) is 15.9 Å². The Morgan fingerprint density at radius 2 is 1.77 bits per heavy atom. The highest BCUT2D eigenvalue weighted by atomic mass is 32.2. The van der Waals surface area contributed by atoms with Gasteiger partial charge in [0, 0.05) is 6.54 Å². The zero-order valence-electron chi connectivity index (χ0n) is 15.1. The number of hydrogen-bond acceptors (Lipinski definition) is 4. The largest absolute Gasteiger partial charge is 0.497 e. The monoisotopic (exact) mass is 376 g/mol. The maximum Gasteiger partial charge on any atom is 0.241 e. The predicted octanol–water partition coefficient (Wildman–Crippen LogP) is 2.31. The fraction of sp³-hybridized carbons (Fsp3) is 0.316. The van der Waals surface area contributed by atoms with Gasteiger partial charge in [-0.2, -0.15) is 4.72 Å². The molecule has 0 aromatic heterocycles. The van der Waals surface area contributed by atoms with Gasteiger partial charge in [0.25, 0.3) is 0 Å². The van der Waals surface area contributed by atoms with Crippen molar-refractivity contribution in [3.63, 3.8) is 0 Å². The van der Waals surface area contributed by atoms with Crippen molar-refractivity contribution in [3.8, 4) is 5.75 Å². The van der Waals surface area contributed by atoms with Gasteiger partial charge in [0.05, 0.1) is 12.0 Å². The van der Waals surface area contributed by atoms with Crippen molar-refractivity contribution in [3.05, 3.63) is 60.2 Å². The number of benzene rings is 2. The molecule has 1 atom stereocenters. The number of carbonyl (C=O) groups is 1. The Hall–Kier alpha value is -2.38. The lowest BCUT2D eigenvalue weighted by Crippen LogP contribution is -2.49. The molecule has 0 saturated heterocycles. The number of ether oxygens (including phenoxy) is 1. The van der Waals surface area contributed by atoms with Crippen molar-refractivity contribution in [2.45, 2.75) is 31.3 Å². The normalized spacial score (nSPS) is 12.6. The summed E-state index contributed by atoms with van der Waals surface area (Å²) in [7, 11) is -2.20. The lowest BCUT2D eigenvalue weighted by molar-refractivity contribution is -0.123. The molecule has 0 fully saturated rings. The second-order valence-electron chi connectivity index (χ2n) is 6.23. The van der Waals surface area contributed by atoms with Crippen molar-refractivity contribution < 1.29 is 17.9 Å². The van der Waals surface area contributed by atoms with Crippen LogP contribution in [0, 0.1) is 5.92 Å². The first-order valence-corrected chi connectivity index (χ1v) is 9.80. The molecule has 0 aliphatic heterocycles. The standard InChI is InChI=1S/C19H24N2O4S/c1-14(2)18(21-26(23,24)17-10-5-4-6-11-17)19(22)20-13-15-8-7-9-16(12-15)25-3/h4-12,14,18,21H,13H2,1-3H3,(H,20,22). The molecule has 0 spiro atoms. The van der Waals surface area contributed by atoms with Crippen LogP contribution >= 0.6 is 0 Å². The summed E-state index contributed by atoms with van der Waals surface area (Å²) in [6.07, 6.45) is 0. The van der Waals surface area contributed by atoms with Crippen LogP contribution in [0.25, 0.3) is 0 Å². The first-order valence-electron chi connectivity index (χ1n) is 8.31. The van der Waals surface area contributed by atoms with Gasteiger partial charge in [-0.25, -0.2) is 8.42 Å². The average molecular weight is 376 g/mol. The predicted molar refractivity (Wildman–Crippen MR) is 100 cm³/mol. The van der Waals surface area contributed by atoms with E-state index in [1.165, 1.54) is 12.1 Å². The van der Waals surface area contributed by atoms with Crippen LogP contribution in [0.2, 0.25) is 0 Å². The summed E-state index contributed by atoms with van der Waals surface area (Å²) in [5, 5.41) is 2.78. The summed E-state index contributed by atoms with van der Waals surface area (Å²) in [6, 6.07) is 14.5. The molecule has 0 aliphatic rings. The molecule has 26 heavy (non-hydrogen) atoms.